The minimum Gasteiger partial charge on any atom is -0.356 e. The minimum atomic E-state index is 0. The SMILES string of the molecule is Cl.N#CCCN(CCc1cccnc1)C(=S)S. The molecule has 0 N–H and O–H groups in total. The van der Waals surface area contributed by atoms with E-state index in [9.17, 15) is 0 Å². The highest BCUT2D eigenvalue weighted by Crippen LogP contribution is 2.03. The molecule has 0 radical (unpaired) electrons. The smallest absolute Gasteiger partial charge is 0.133 e. The van der Waals surface area contributed by atoms with E-state index in [-0.39, 0.29) is 12.4 Å². The highest BCUT2D eigenvalue weighted by atomic mass is 35.5. The largest absolute Gasteiger partial charge is 0.356 e. The molecule has 0 saturated carbocycles. The lowest BCUT2D eigenvalue weighted by atomic mass is 10.2. The number of thiocarbonyl (C=S) groups is 1. The second kappa shape index (κ2) is 9.23. The Hall–Kier alpha value is -0.830. The molecule has 0 bridgehead atoms. The molecular weight excluding hydrogens is 274 g/mol. The number of pyridine rings is 1. The van der Waals surface area contributed by atoms with Gasteiger partial charge in [-0.25, -0.2) is 0 Å². The number of hydrogen-bond donors (Lipinski definition) is 1. The Morgan fingerprint density at radius 3 is 2.82 bits per heavy atom. The zero-order chi connectivity index (χ0) is 11.8. The molecule has 0 aliphatic heterocycles. The molecule has 0 aliphatic rings. The van der Waals surface area contributed by atoms with Crippen LogP contribution in [-0.4, -0.2) is 27.3 Å². The summed E-state index contributed by atoms with van der Waals surface area (Å²) in [5.74, 6) is 0. The van der Waals surface area contributed by atoms with Crippen LogP contribution in [0.15, 0.2) is 24.5 Å². The van der Waals surface area contributed by atoms with Gasteiger partial charge in [0, 0.05) is 25.5 Å². The third-order valence-electron chi connectivity index (χ3n) is 2.16. The van der Waals surface area contributed by atoms with Crippen LogP contribution in [-0.2, 0) is 6.42 Å². The maximum atomic E-state index is 8.53. The first-order valence-electron chi connectivity index (χ1n) is 4.97. The average molecular weight is 288 g/mol. The summed E-state index contributed by atoms with van der Waals surface area (Å²) in [6.07, 6.45) is 4.91. The molecule has 1 heterocycles. The molecule has 1 rings (SSSR count). The highest BCUT2D eigenvalue weighted by Gasteiger charge is 2.05. The van der Waals surface area contributed by atoms with Crippen molar-refractivity contribution in [1.29, 1.82) is 5.26 Å². The number of hydrogen-bond acceptors (Lipinski definition) is 3. The molecule has 0 unspecified atom stereocenters. The summed E-state index contributed by atoms with van der Waals surface area (Å²) >= 11 is 9.16. The summed E-state index contributed by atoms with van der Waals surface area (Å²) in [5.41, 5.74) is 1.16. The summed E-state index contributed by atoms with van der Waals surface area (Å²) in [5, 5.41) is 8.53. The van der Waals surface area contributed by atoms with Gasteiger partial charge in [0.15, 0.2) is 0 Å². The Morgan fingerprint density at radius 1 is 1.53 bits per heavy atom. The van der Waals surface area contributed by atoms with Gasteiger partial charge in [-0.05, 0) is 18.1 Å². The van der Waals surface area contributed by atoms with E-state index in [1.54, 1.807) is 6.20 Å². The summed E-state index contributed by atoms with van der Waals surface area (Å²) in [6.45, 7) is 1.41. The molecule has 0 amide bonds. The van der Waals surface area contributed by atoms with Gasteiger partial charge < -0.3 is 4.90 Å². The minimum absolute atomic E-state index is 0. The zero-order valence-electron chi connectivity index (χ0n) is 9.24. The van der Waals surface area contributed by atoms with Crippen LogP contribution in [0.2, 0.25) is 0 Å². The first-order chi connectivity index (χ1) is 7.74. The van der Waals surface area contributed by atoms with Crippen molar-refractivity contribution in [3.8, 4) is 6.07 Å². The Balaban J connectivity index is 0.00000256. The third kappa shape index (κ3) is 6.47. The first kappa shape index (κ1) is 16.2. The maximum Gasteiger partial charge on any atom is 0.133 e. The fraction of sp³-hybridized carbons (Fsp3) is 0.364. The Kier molecular flexibility index (Phi) is 8.78. The monoisotopic (exact) mass is 287 g/mol. The molecule has 92 valence electrons. The van der Waals surface area contributed by atoms with Crippen molar-refractivity contribution in [2.24, 2.45) is 0 Å². The number of rotatable bonds is 5. The van der Waals surface area contributed by atoms with E-state index in [1.807, 2.05) is 23.2 Å². The standard InChI is InChI=1S/C11H13N3S2.ClH/c12-5-2-7-14(11(15)16)8-4-10-3-1-6-13-9-10;/h1,3,6,9H,2,4,7-8H2,(H,15,16);1H. The zero-order valence-corrected chi connectivity index (χ0v) is 11.8. The van der Waals surface area contributed by atoms with E-state index in [2.05, 4.69) is 23.7 Å². The van der Waals surface area contributed by atoms with Gasteiger partial charge in [-0.15, -0.1) is 25.0 Å². The van der Waals surface area contributed by atoms with Crippen molar-refractivity contribution in [2.45, 2.75) is 12.8 Å². The molecule has 0 aliphatic carbocycles. The van der Waals surface area contributed by atoms with E-state index in [4.69, 9.17) is 17.5 Å². The van der Waals surface area contributed by atoms with Crippen LogP contribution in [0.25, 0.3) is 0 Å². The molecule has 0 atom stereocenters. The number of nitriles is 1. The fourth-order valence-electron chi connectivity index (χ4n) is 1.30. The van der Waals surface area contributed by atoms with Crippen molar-refractivity contribution in [3.63, 3.8) is 0 Å². The third-order valence-corrected chi connectivity index (χ3v) is 2.70. The van der Waals surface area contributed by atoms with Crippen molar-refractivity contribution in [3.05, 3.63) is 30.1 Å². The van der Waals surface area contributed by atoms with Crippen LogP contribution in [0.1, 0.15) is 12.0 Å². The van der Waals surface area contributed by atoms with Crippen LogP contribution >= 0.6 is 37.3 Å². The van der Waals surface area contributed by atoms with Gasteiger partial charge >= 0.3 is 0 Å². The Labute approximate surface area is 119 Å². The molecule has 1 aromatic rings. The molecule has 0 spiro atoms. The first-order valence-corrected chi connectivity index (χ1v) is 5.83. The molecule has 0 aromatic carbocycles. The van der Waals surface area contributed by atoms with Gasteiger partial charge in [0.25, 0.3) is 0 Å². The lowest BCUT2D eigenvalue weighted by Gasteiger charge is -2.21. The van der Waals surface area contributed by atoms with Gasteiger partial charge in [-0.3, -0.25) is 4.98 Å². The maximum absolute atomic E-state index is 8.53. The predicted octanol–water partition coefficient (Wildman–Crippen LogP) is 2.48. The molecule has 0 fully saturated rings. The van der Waals surface area contributed by atoms with Crippen LogP contribution in [0.4, 0.5) is 0 Å². The van der Waals surface area contributed by atoms with Gasteiger partial charge in [0.2, 0.25) is 0 Å². The van der Waals surface area contributed by atoms with Gasteiger partial charge in [-0.1, -0.05) is 18.3 Å². The summed E-state index contributed by atoms with van der Waals surface area (Å²) in [6, 6.07) is 6.04. The van der Waals surface area contributed by atoms with Crippen molar-refractivity contribution in [2.75, 3.05) is 13.1 Å². The quantitative estimate of drug-likeness (QED) is 0.667. The van der Waals surface area contributed by atoms with Gasteiger partial charge in [0.1, 0.15) is 4.32 Å². The number of halogens is 1. The van der Waals surface area contributed by atoms with E-state index in [0.29, 0.717) is 17.3 Å². The van der Waals surface area contributed by atoms with Gasteiger partial charge in [-0.2, -0.15) is 5.26 Å². The molecular formula is C11H14ClN3S2. The van der Waals surface area contributed by atoms with Crippen LogP contribution in [0.5, 0.6) is 0 Å². The second-order valence-corrected chi connectivity index (χ2v) is 4.40. The van der Waals surface area contributed by atoms with Crippen LogP contribution in [0.3, 0.4) is 0 Å². The van der Waals surface area contributed by atoms with E-state index >= 15 is 0 Å². The predicted molar refractivity (Wildman–Crippen MR) is 78.6 cm³/mol. The van der Waals surface area contributed by atoms with E-state index < -0.39 is 0 Å². The van der Waals surface area contributed by atoms with Crippen LogP contribution < -0.4 is 0 Å². The van der Waals surface area contributed by atoms with Crippen molar-refractivity contribution < 1.29 is 0 Å². The molecule has 0 saturated heterocycles. The second-order valence-electron chi connectivity index (χ2n) is 3.29. The average Bonchev–Trinajstić information content (AvgIpc) is 2.30. The number of aromatic nitrogens is 1. The lowest BCUT2D eigenvalue weighted by molar-refractivity contribution is 0.446. The van der Waals surface area contributed by atoms with Gasteiger partial charge in [0.05, 0.1) is 12.5 Å². The number of thiol groups is 1. The fourth-order valence-corrected chi connectivity index (χ4v) is 1.68. The lowest BCUT2D eigenvalue weighted by Crippen LogP contribution is -2.29. The Morgan fingerprint density at radius 2 is 2.29 bits per heavy atom. The topological polar surface area (TPSA) is 39.9 Å². The van der Waals surface area contributed by atoms with Crippen molar-refractivity contribution >= 4 is 41.6 Å². The Bertz CT molecular complexity index is 378. The molecule has 1 aromatic heterocycles. The van der Waals surface area contributed by atoms with E-state index in [1.165, 1.54) is 0 Å². The highest BCUT2D eigenvalue weighted by molar-refractivity contribution is 8.10. The number of nitrogens with zero attached hydrogens (tertiary/aromatic N) is 3. The van der Waals surface area contributed by atoms with E-state index in [0.717, 1.165) is 18.5 Å². The normalized spacial score (nSPS) is 8.94. The molecule has 17 heavy (non-hydrogen) atoms. The van der Waals surface area contributed by atoms with Crippen LogP contribution in [0, 0.1) is 11.3 Å². The summed E-state index contributed by atoms with van der Waals surface area (Å²) in [7, 11) is 0. The van der Waals surface area contributed by atoms with Crippen molar-refractivity contribution in [1.82, 2.24) is 9.88 Å². The molecule has 3 nitrogen and oxygen atoms in total. The molecule has 6 heteroatoms. The summed E-state index contributed by atoms with van der Waals surface area (Å²) < 4.78 is 0.541. The summed E-state index contributed by atoms with van der Waals surface area (Å²) in [4.78, 5) is 5.97.